The Morgan fingerprint density at radius 2 is 0.609 bits per heavy atom. The van der Waals surface area contributed by atoms with Crippen LogP contribution in [0.4, 0.5) is 5.69 Å². The van der Waals surface area contributed by atoms with Crippen molar-refractivity contribution in [3.8, 4) is 40.2 Å². The fourth-order valence-electron chi connectivity index (χ4n) is 18.3. The molecule has 11 heteroatoms. The van der Waals surface area contributed by atoms with Gasteiger partial charge in [-0.25, -0.2) is 4.90 Å². The van der Waals surface area contributed by atoms with E-state index in [2.05, 4.69) is 86.6 Å². The third-order valence-corrected chi connectivity index (χ3v) is 25.2. The largest absolute Gasteiger partial charge is 0.489 e. The van der Waals surface area contributed by atoms with E-state index in [-0.39, 0.29) is 34.2 Å². The van der Waals surface area contributed by atoms with Gasteiger partial charge in [0.1, 0.15) is 23.0 Å². The zero-order valence-corrected chi connectivity index (χ0v) is 72.7. The van der Waals surface area contributed by atoms with Gasteiger partial charge in [0.05, 0.1) is 36.6 Å². The third-order valence-electron chi connectivity index (χ3n) is 25.2. The van der Waals surface area contributed by atoms with Crippen LogP contribution in [0, 0.1) is 0 Å². The van der Waals surface area contributed by atoms with Crippen LogP contribution in [0.2, 0.25) is 0 Å². The second kappa shape index (κ2) is 44.8. The van der Waals surface area contributed by atoms with Crippen LogP contribution in [-0.2, 0) is 10.8 Å². The number of carbonyl (C=O) groups is 4. The molecule has 1 fully saturated rings. The lowest BCUT2D eigenvalue weighted by atomic mass is 9.81. The summed E-state index contributed by atoms with van der Waals surface area (Å²) in [5.41, 5.74) is 3.83. The van der Waals surface area contributed by atoms with Crippen LogP contribution in [0.25, 0.3) is 43.1 Å². The lowest BCUT2D eigenvalue weighted by molar-refractivity contribution is 0.0502. The molecule has 0 saturated heterocycles. The molecule has 2 aliphatic heterocycles. The van der Waals surface area contributed by atoms with E-state index in [1.807, 2.05) is 72.8 Å². The van der Waals surface area contributed by atoms with E-state index in [4.69, 9.17) is 23.7 Å². The maximum absolute atomic E-state index is 16.5. The highest BCUT2D eigenvalue weighted by Gasteiger charge is 2.42. The summed E-state index contributed by atoms with van der Waals surface area (Å²) in [6.45, 7) is 21.3. The van der Waals surface area contributed by atoms with Gasteiger partial charge in [0.15, 0.2) is 11.5 Å². The standard InChI is InChI=1S/C104H144N2O9/c1-10-13-16-19-22-25-28-31-34-37-40-43-46-52-69-111-90-72-79(73-91(112-70-53-47-44-41-38-35-32-29-26-23-20-17-14-11-2)98(90)113-71-54-48-45-42-39-36-33-30-27-24-21-18-15-12-3)106-100(108)85-68-66-83-94-88(114-80-61-57-76(58-62-80)103(4,5)6)74-86-92-84(99(107)105(101(86)109)78-55-50-49-51-56-78)67-65-82(96(92)94)95-89(75-87(102(106)110)93(85)97(83)95)115-81-63-59-77(60-64-81)104(7,8)9/h57-68,72-75,78H,10-56,69-71H2,1-9H3. The second-order valence-corrected chi connectivity index (χ2v) is 36.5. The Bertz CT molecular complexity index is 4320. The average Bonchev–Trinajstić information content (AvgIpc) is 0.679. The second-order valence-electron chi connectivity index (χ2n) is 36.5. The lowest BCUT2D eigenvalue weighted by Gasteiger charge is -2.36. The van der Waals surface area contributed by atoms with E-state index >= 15 is 19.2 Å². The third kappa shape index (κ3) is 23.6. The van der Waals surface area contributed by atoms with Gasteiger partial charge in [0.2, 0.25) is 5.75 Å². The van der Waals surface area contributed by atoms with Crippen LogP contribution < -0.4 is 28.6 Å². The van der Waals surface area contributed by atoms with Crippen molar-refractivity contribution < 1.29 is 42.9 Å². The quantitative estimate of drug-likeness (QED) is 0.0159. The number of hydrogen-bond acceptors (Lipinski definition) is 9. The monoisotopic (exact) mass is 1570 g/mol. The van der Waals surface area contributed by atoms with Gasteiger partial charge in [-0.05, 0) is 113 Å². The Morgan fingerprint density at radius 3 is 0.957 bits per heavy atom. The molecule has 0 spiro atoms. The molecule has 0 aromatic heterocycles. The van der Waals surface area contributed by atoms with Crippen LogP contribution in [0.3, 0.4) is 0 Å². The van der Waals surface area contributed by atoms with Crippen molar-refractivity contribution in [1.29, 1.82) is 0 Å². The molecule has 8 aromatic carbocycles. The number of amides is 4. The van der Waals surface area contributed by atoms with E-state index in [0.29, 0.717) is 126 Å². The summed E-state index contributed by atoms with van der Waals surface area (Å²) in [5.74, 6) is 1.74. The van der Waals surface area contributed by atoms with E-state index in [1.165, 1.54) is 222 Å². The molecule has 0 N–H and O–H groups in total. The summed E-state index contributed by atoms with van der Waals surface area (Å²) >= 11 is 0. The van der Waals surface area contributed by atoms with Crippen LogP contribution in [0.15, 0.2) is 97.1 Å². The van der Waals surface area contributed by atoms with E-state index < -0.39 is 11.8 Å². The normalized spacial score (nSPS) is 14.1. The van der Waals surface area contributed by atoms with Crippen molar-refractivity contribution in [2.75, 3.05) is 24.7 Å². The topological polar surface area (TPSA) is 121 Å². The highest BCUT2D eigenvalue weighted by Crippen LogP contribution is 2.54. The summed E-state index contributed by atoms with van der Waals surface area (Å²) in [4.78, 5) is 66.3. The Kier molecular flexibility index (Phi) is 34.3. The maximum atomic E-state index is 16.5. The summed E-state index contributed by atoms with van der Waals surface area (Å²) < 4.78 is 35.3. The Hall–Kier alpha value is -7.66. The molecule has 1 saturated carbocycles. The van der Waals surface area contributed by atoms with Crippen LogP contribution in [-0.4, -0.2) is 54.4 Å². The first-order chi connectivity index (χ1) is 56.0. The van der Waals surface area contributed by atoms with Gasteiger partial charge in [0, 0.05) is 61.6 Å². The molecule has 3 aliphatic rings. The summed E-state index contributed by atoms with van der Waals surface area (Å²) in [6, 6.07) is 31.0. The molecule has 4 amide bonds. The van der Waals surface area contributed by atoms with Crippen molar-refractivity contribution in [1.82, 2.24) is 4.90 Å². The molecule has 0 radical (unpaired) electrons. The molecular formula is C104H144N2O9. The number of ether oxygens (including phenoxy) is 5. The van der Waals surface area contributed by atoms with Gasteiger partial charge in [0.25, 0.3) is 23.6 Å². The van der Waals surface area contributed by atoms with Crippen molar-refractivity contribution in [3.63, 3.8) is 0 Å². The van der Waals surface area contributed by atoms with Gasteiger partial charge in [-0.3, -0.25) is 24.1 Å². The Balaban J connectivity index is 0.949. The van der Waals surface area contributed by atoms with E-state index in [0.717, 1.165) is 101 Å². The number of benzene rings is 8. The minimum atomic E-state index is -0.522. The number of imide groups is 2. The Morgan fingerprint density at radius 1 is 0.304 bits per heavy atom. The minimum Gasteiger partial charge on any atom is -0.489 e. The van der Waals surface area contributed by atoms with Crippen LogP contribution in [0.5, 0.6) is 40.2 Å². The smallest absolute Gasteiger partial charge is 0.266 e. The number of hydrogen-bond donors (Lipinski definition) is 0. The van der Waals surface area contributed by atoms with Gasteiger partial charge >= 0.3 is 0 Å². The van der Waals surface area contributed by atoms with Crippen molar-refractivity contribution in [2.45, 2.75) is 381 Å². The first-order valence-corrected chi connectivity index (χ1v) is 46.7. The number of unbranched alkanes of at least 4 members (excludes halogenated alkanes) is 39. The highest BCUT2D eigenvalue weighted by molar-refractivity contribution is 6.45. The fourth-order valence-corrected chi connectivity index (χ4v) is 18.3. The highest BCUT2D eigenvalue weighted by atomic mass is 16.5. The van der Waals surface area contributed by atoms with Crippen molar-refractivity contribution in [3.05, 3.63) is 130 Å². The fraction of sp³-hybridized carbons (Fsp3) is 0.596. The van der Waals surface area contributed by atoms with E-state index in [1.54, 1.807) is 0 Å². The van der Waals surface area contributed by atoms with E-state index in [9.17, 15) is 0 Å². The predicted octanol–water partition coefficient (Wildman–Crippen LogP) is 31.2. The zero-order valence-electron chi connectivity index (χ0n) is 72.7. The molecule has 1 aliphatic carbocycles. The first kappa shape index (κ1) is 88.2. The van der Waals surface area contributed by atoms with Crippen molar-refractivity contribution >= 4 is 72.4 Å². The average molecular weight is 1570 g/mol. The summed E-state index contributed by atoms with van der Waals surface area (Å²) in [6.07, 6.45) is 57.2. The zero-order chi connectivity index (χ0) is 80.9. The number of rotatable bonds is 54. The molecule has 0 unspecified atom stereocenters. The Labute approximate surface area is 692 Å². The number of anilines is 1. The molecule has 11 nitrogen and oxygen atoms in total. The minimum absolute atomic E-state index is 0.116. The molecular weight excluding hydrogens is 1420 g/mol. The molecule has 2 heterocycles. The van der Waals surface area contributed by atoms with Gasteiger partial charge in [-0.15, -0.1) is 0 Å². The van der Waals surface area contributed by atoms with Crippen molar-refractivity contribution in [2.24, 2.45) is 0 Å². The van der Waals surface area contributed by atoms with Gasteiger partial charge in [-0.1, -0.05) is 368 Å². The van der Waals surface area contributed by atoms with Crippen LogP contribution in [0.1, 0.15) is 417 Å². The molecule has 115 heavy (non-hydrogen) atoms. The van der Waals surface area contributed by atoms with Crippen LogP contribution >= 0.6 is 0 Å². The van der Waals surface area contributed by atoms with Gasteiger partial charge < -0.3 is 23.7 Å². The number of carbonyl (C=O) groups excluding carboxylic acids is 4. The summed E-state index contributed by atoms with van der Waals surface area (Å²) in [5, 5.41) is 5.04. The maximum Gasteiger partial charge on any atom is 0.266 e. The molecule has 11 rings (SSSR count). The molecule has 0 bridgehead atoms. The SMILES string of the molecule is CCCCCCCCCCCCCCCCOc1cc(N2C(=O)c3ccc4c5c(Oc6ccc(C(C)(C)C)cc6)cc6c7c(ccc(c8c(Oc9ccc(C(C)(C)C)cc9)cc(c3c48)C2=O)c75)C(=O)N(C2CCCCC2)C6=O)cc(OCCCCCCCCCCCCCCCC)c1OCCCCCCCCCCCCCCCC. The predicted molar refractivity (Wildman–Crippen MR) is 480 cm³/mol. The summed E-state index contributed by atoms with van der Waals surface area (Å²) in [7, 11) is 0. The number of fused-ring (bicyclic) bond motifs is 2. The lowest BCUT2D eigenvalue weighted by Crippen LogP contribution is -2.47. The first-order valence-electron chi connectivity index (χ1n) is 46.7. The molecule has 0 atom stereocenters. The molecule has 624 valence electrons. The number of nitrogens with zero attached hydrogens (tertiary/aromatic N) is 2. The van der Waals surface area contributed by atoms with Gasteiger partial charge in [-0.2, -0.15) is 0 Å². The molecule has 8 aromatic rings.